The molecule has 2 heterocycles. The fraction of sp³-hybridized carbons (Fsp3) is 0.385. The summed E-state index contributed by atoms with van der Waals surface area (Å²) in [7, 11) is 0. The van der Waals surface area contributed by atoms with E-state index in [0.717, 1.165) is 25.1 Å². The van der Waals surface area contributed by atoms with E-state index in [-0.39, 0.29) is 5.91 Å². The Labute approximate surface area is 105 Å². The average Bonchev–Trinajstić information content (AvgIpc) is 2.92. The topological polar surface area (TPSA) is 62.1 Å². The van der Waals surface area contributed by atoms with Crippen LogP contribution in [0.2, 0.25) is 0 Å². The van der Waals surface area contributed by atoms with Gasteiger partial charge in [-0.25, -0.2) is 0 Å². The Bertz CT molecular complexity index is 540. The highest BCUT2D eigenvalue weighted by Crippen LogP contribution is 2.28. The third kappa shape index (κ3) is 1.92. The molecule has 2 aromatic heterocycles. The van der Waals surface area contributed by atoms with Crippen LogP contribution in [0.1, 0.15) is 30.3 Å². The van der Waals surface area contributed by atoms with E-state index < -0.39 is 0 Å². The van der Waals surface area contributed by atoms with Crippen LogP contribution in [0.3, 0.4) is 0 Å². The number of aromatic nitrogens is 2. The number of hydrogen-bond donors (Lipinski definition) is 1. The Hall–Kier alpha value is -2.04. The van der Waals surface area contributed by atoms with Gasteiger partial charge in [-0.3, -0.25) is 9.89 Å². The van der Waals surface area contributed by atoms with E-state index >= 15 is 0 Å². The molecule has 3 rings (SSSR count). The molecule has 1 aliphatic rings. The summed E-state index contributed by atoms with van der Waals surface area (Å²) < 4.78 is 5.26. The van der Waals surface area contributed by atoms with Crippen LogP contribution >= 0.6 is 0 Å². The van der Waals surface area contributed by atoms with Gasteiger partial charge in [0.1, 0.15) is 5.69 Å². The van der Waals surface area contributed by atoms with Gasteiger partial charge in [0.05, 0.1) is 6.26 Å². The first kappa shape index (κ1) is 11.1. The summed E-state index contributed by atoms with van der Waals surface area (Å²) in [5.74, 6) is 0.685. The zero-order valence-corrected chi connectivity index (χ0v) is 10.2. The predicted molar refractivity (Wildman–Crippen MR) is 66.0 cm³/mol. The van der Waals surface area contributed by atoms with Gasteiger partial charge in [0.2, 0.25) is 0 Å². The number of carbonyl (C=O) groups is 1. The van der Waals surface area contributed by atoms with Gasteiger partial charge in [0.15, 0.2) is 11.5 Å². The van der Waals surface area contributed by atoms with Gasteiger partial charge in [-0.1, -0.05) is 0 Å². The number of nitrogens with one attached hydrogen (secondary N) is 1. The molecule has 5 nitrogen and oxygen atoms in total. The molecule has 2 aromatic rings. The first-order valence-corrected chi connectivity index (χ1v) is 6.20. The van der Waals surface area contributed by atoms with E-state index in [9.17, 15) is 4.79 Å². The summed E-state index contributed by atoms with van der Waals surface area (Å²) in [6.07, 6.45) is 3.81. The van der Waals surface area contributed by atoms with Crippen LogP contribution < -0.4 is 0 Å². The van der Waals surface area contributed by atoms with E-state index in [2.05, 4.69) is 10.2 Å². The third-order valence-electron chi connectivity index (χ3n) is 3.17. The minimum atomic E-state index is -0.00550. The number of H-pyrrole nitrogens is 1. The zero-order chi connectivity index (χ0) is 12.5. The SMILES string of the molecule is CCN(C(=O)c1cc(-c2ccco2)[nH]n1)C1CC1. The molecule has 1 amide bonds. The lowest BCUT2D eigenvalue weighted by molar-refractivity contribution is 0.0746. The second-order valence-corrected chi connectivity index (χ2v) is 4.47. The Balaban J connectivity index is 1.82. The van der Waals surface area contributed by atoms with Crippen molar-refractivity contribution in [3.63, 3.8) is 0 Å². The second kappa shape index (κ2) is 4.33. The van der Waals surface area contributed by atoms with Crippen molar-refractivity contribution >= 4 is 5.91 Å². The van der Waals surface area contributed by atoms with E-state index in [1.165, 1.54) is 0 Å². The predicted octanol–water partition coefficient (Wildman–Crippen LogP) is 2.29. The van der Waals surface area contributed by atoms with Crippen molar-refractivity contribution in [2.75, 3.05) is 6.54 Å². The maximum absolute atomic E-state index is 12.3. The van der Waals surface area contributed by atoms with Gasteiger partial charge in [-0.2, -0.15) is 5.10 Å². The summed E-state index contributed by atoms with van der Waals surface area (Å²) in [6, 6.07) is 5.79. The van der Waals surface area contributed by atoms with Crippen molar-refractivity contribution in [2.24, 2.45) is 0 Å². The van der Waals surface area contributed by atoms with E-state index in [1.54, 1.807) is 18.4 Å². The fourth-order valence-corrected chi connectivity index (χ4v) is 2.09. The summed E-state index contributed by atoms with van der Waals surface area (Å²) in [5, 5.41) is 6.91. The first-order chi connectivity index (χ1) is 8.79. The molecule has 0 radical (unpaired) electrons. The van der Waals surface area contributed by atoms with Crippen molar-refractivity contribution in [3.8, 4) is 11.5 Å². The van der Waals surface area contributed by atoms with Crippen LogP contribution in [0.4, 0.5) is 0 Å². The van der Waals surface area contributed by atoms with Gasteiger partial charge in [0.25, 0.3) is 5.91 Å². The van der Waals surface area contributed by atoms with Crippen LogP contribution in [0, 0.1) is 0 Å². The van der Waals surface area contributed by atoms with Gasteiger partial charge < -0.3 is 9.32 Å². The van der Waals surface area contributed by atoms with E-state index in [4.69, 9.17) is 4.42 Å². The number of furan rings is 1. The normalized spacial score (nSPS) is 14.7. The number of aromatic amines is 1. The van der Waals surface area contributed by atoms with E-state index in [0.29, 0.717) is 17.5 Å². The monoisotopic (exact) mass is 245 g/mol. The van der Waals surface area contributed by atoms with Crippen LogP contribution in [-0.2, 0) is 0 Å². The number of carbonyl (C=O) groups excluding carboxylic acids is 1. The first-order valence-electron chi connectivity index (χ1n) is 6.20. The van der Waals surface area contributed by atoms with Crippen molar-refractivity contribution < 1.29 is 9.21 Å². The number of nitrogens with zero attached hydrogens (tertiary/aromatic N) is 2. The van der Waals surface area contributed by atoms with Crippen molar-refractivity contribution in [2.45, 2.75) is 25.8 Å². The maximum atomic E-state index is 12.3. The molecule has 1 saturated carbocycles. The number of hydrogen-bond acceptors (Lipinski definition) is 3. The number of amides is 1. The molecule has 94 valence electrons. The van der Waals surface area contributed by atoms with Crippen molar-refractivity contribution in [1.29, 1.82) is 0 Å². The molecule has 0 aromatic carbocycles. The molecule has 0 bridgehead atoms. The second-order valence-electron chi connectivity index (χ2n) is 4.47. The van der Waals surface area contributed by atoms with Crippen LogP contribution in [0.5, 0.6) is 0 Å². The molecule has 0 saturated heterocycles. The lowest BCUT2D eigenvalue weighted by atomic mass is 10.2. The third-order valence-corrected chi connectivity index (χ3v) is 3.17. The summed E-state index contributed by atoms with van der Waals surface area (Å²) in [5.41, 5.74) is 1.19. The number of rotatable bonds is 4. The lowest BCUT2D eigenvalue weighted by Gasteiger charge is -2.18. The van der Waals surface area contributed by atoms with Gasteiger partial charge in [0, 0.05) is 18.7 Å². The fourth-order valence-electron chi connectivity index (χ4n) is 2.09. The summed E-state index contributed by atoms with van der Waals surface area (Å²) in [4.78, 5) is 14.1. The van der Waals surface area contributed by atoms with Crippen molar-refractivity contribution in [1.82, 2.24) is 15.1 Å². The molecule has 5 heteroatoms. The van der Waals surface area contributed by atoms with Crippen LogP contribution in [-0.4, -0.2) is 33.6 Å². The summed E-state index contributed by atoms with van der Waals surface area (Å²) >= 11 is 0. The average molecular weight is 245 g/mol. The minimum Gasteiger partial charge on any atom is -0.463 e. The quantitative estimate of drug-likeness (QED) is 0.899. The Morgan fingerprint density at radius 3 is 3.06 bits per heavy atom. The van der Waals surface area contributed by atoms with E-state index in [1.807, 2.05) is 17.9 Å². The molecule has 1 fully saturated rings. The highest BCUT2D eigenvalue weighted by Gasteiger charge is 2.32. The van der Waals surface area contributed by atoms with Gasteiger partial charge in [-0.15, -0.1) is 0 Å². The molecule has 0 atom stereocenters. The lowest BCUT2D eigenvalue weighted by Crippen LogP contribution is -2.33. The van der Waals surface area contributed by atoms with Crippen LogP contribution in [0.25, 0.3) is 11.5 Å². The Kier molecular flexibility index (Phi) is 2.66. The molecular formula is C13H15N3O2. The van der Waals surface area contributed by atoms with Crippen LogP contribution in [0.15, 0.2) is 28.9 Å². The standard InChI is InChI=1S/C13H15N3O2/c1-2-16(9-5-6-9)13(17)11-8-10(14-15-11)12-4-3-7-18-12/h3-4,7-9H,2,5-6H2,1H3,(H,14,15). The van der Waals surface area contributed by atoms with Crippen molar-refractivity contribution in [3.05, 3.63) is 30.2 Å². The summed E-state index contributed by atoms with van der Waals surface area (Å²) in [6.45, 7) is 2.72. The molecular weight excluding hydrogens is 230 g/mol. The maximum Gasteiger partial charge on any atom is 0.274 e. The highest BCUT2D eigenvalue weighted by molar-refractivity contribution is 5.93. The molecule has 1 N–H and O–H groups in total. The highest BCUT2D eigenvalue weighted by atomic mass is 16.3. The van der Waals surface area contributed by atoms with Gasteiger partial charge in [-0.05, 0) is 31.9 Å². The molecule has 0 unspecified atom stereocenters. The zero-order valence-electron chi connectivity index (χ0n) is 10.2. The molecule has 18 heavy (non-hydrogen) atoms. The molecule has 1 aliphatic carbocycles. The Morgan fingerprint density at radius 1 is 1.61 bits per heavy atom. The molecule has 0 spiro atoms. The minimum absolute atomic E-state index is 0.00550. The largest absolute Gasteiger partial charge is 0.463 e. The Morgan fingerprint density at radius 2 is 2.44 bits per heavy atom. The molecule has 0 aliphatic heterocycles. The smallest absolute Gasteiger partial charge is 0.274 e. The van der Waals surface area contributed by atoms with Gasteiger partial charge >= 0.3 is 0 Å².